The fourth-order valence-corrected chi connectivity index (χ4v) is 3.59. The first kappa shape index (κ1) is 16.1. The van der Waals surface area contributed by atoms with Crippen LogP contribution in [0.25, 0.3) is 0 Å². The van der Waals surface area contributed by atoms with Crippen molar-refractivity contribution in [2.24, 2.45) is 0 Å². The number of rotatable bonds is 5. The smallest absolute Gasteiger partial charge is 0.251 e. The molecule has 0 radical (unpaired) electrons. The van der Waals surface area contributed by atoms with E-state index in [1.54, 1.807) is 35.7 Å². The second-order valence-corrected chi connectivity index (χ2v) is 6.74. The number of hydrogen-bond acceptors (Lipinski definition) is 3. The van der Waals surface area contributed by atoms with Crippen LogP contribution < -0.4 is 5.32 Å². The quantitative estimate of drug-likeness (QED) is 0.733. The van der Waals surface area contributed by atoms with E-state index in [9.17, 15) is 4.79 Å². The van der Waals surface area contributed by atoms with E-state index >= 15 is 0 Å². The average Bonchev–Trinajstić information content (AvgIpc) is 3.20. The first-order valence-electron chi connectivity index (χ1n) is 6.90. The molecule has 0 spiro atoms. The van der Waals surface area contributed by atoms with Crippen LogP contribution in [0.3, 0.4) is 0 Å². The van der Waals surface area contributed by atoms with Crippen molar-refractivity contribution in [3.63, 3.8) is 0 Å². The largest absolute Gasteiger partial charge is 0.350 e. The Labute approximate surface area is 147 Å². The Hall–Kier alpha value is -1.82. The number of benzene rings is 1. The second-order valence-electron chi connectivity index (χ2n) is 4.89. The van der Waals surface area contributed by atoms with Crippen LogP contribution in [0.15, 0.2) is 54.2 Å². The topological polar surface area (TPSA) is 46.9 Å². The van der Waals surface area contributed by atoms with Gasteiger partial charge in [-0.1, -0.05) is 29.3 Å². The number of carbonyl (C=O) groups is 1. The molecule has 4 nitrogen and oxygen atoms in total. The Balaban J connectivity index is 1.75. The van der Waals surface area contributed by atoms with Gasteiger partial charge in [0.1, 0.15) is 6.04 Å². The van der Waals surface area contributed by atoms with Gasteiger partial charge in [-0.15, -0.1) is 11.3 Å². The fraction of sp³-hybridized carbons (Fsp3) is 0.125. The molecule has 0 aliphatic rings. The first-order chi connectivity index (χ1) is 11.1. The minimum absolute atomic E-state index is 0.0522. The van der Waals surface area contributed by atoms with Gasteiger partial charge in [-0.2, -0.15) is 5.10 Å². The molecule has 3 rings (SSSR count). The number of halogens is 2. The van der Waals surface area contributed by atoms with Crippen molar-refractivity contribution < 1.29 is 4.79 Å². The van der Waals surface area contributed by atoms with Crippen LogP contribution in [0.2, 0.25) is 10.0 Å². The number of carbonyl (C=O) groups excluding carboxylic acids is 1. The minimum Gasteiger partial charge on any atom is -0.350 e. The second kappa shape index (κ2) is 7.17. The van der Waals surface area contributed by atoms with E-state index in [-0.39, 0.29) is 11.9 Å². The van der Waals surface area contributed by atoms with Crippen molar-refractivity contribution in [2.45, 2.75) is 6.04 Å². The molecule has 0 saturated carbocycles. The van der Waals surface area contributed by atoms with Crippen LogP contribution in [0.1, 0.15) is 21.3 Å². The molecule has 1 atom stereocenters. The fourth-order valence-electron chi connectivity index (χ4n) is 2.25. The number of aromatic nitrogens is 2. The number of hydrogen-bond donors (Lipinski definition) is 1. The molecule has 0 aliphatic heterocycles. The molecule has 2 aromatic heterocycles. The van der Waals surface area contributed by atoms with Crippen LogP contribution in [0.5, 0.6) is 0 Å². The van der Waals surface area contributed by atoms with Gasteiger partial charge in [0.2, 0.25) is 0 Å². The van der Waals surface area contributed by atoms with Gasteiger partial charge >= 0.3 is 0 Å². The van der Waals surface area contributed by atoms with Crippen molar-refractivity contribution in [1.29, 1.82) is 0 Å². The summed E-state index contributed by atoms with van der Waals surface area (Å²) in [6.07, 6.45) is 3.60. The van der Waals surface area contributed by atoms with Crippen LogP contribution in [-0.4, -0.2) is 22.2 Å². The molecule has 0 saturated heterocycles. The maximum atomic E-state index is 12.3. The maximum Gasteiger partial charge on any atom is 0.251 e. The monoisotopic (exact) mass is 365 g/mol. The summed E-state index contributed by atoms with van der Waals surface area (Å²) in [4.78, 5) is 13.5. The van der Waals surface area contributed by atoms with Gasteiger partial charge in [-0.05, 0) is 35.7 Å². The predicted molar refractivity (Wildman–Crippen MR) is 93.5 cm³/mol. The summed E-state index contributed by atoms with van der Waals surface area (Å²) < 4.78 is 1.83. The van der Waals surface area contributed by atoms with E-state index < -0.39 is 0 Å². The molecule has 0 fully saturated rings. The van der Waals surface area contributed by atoms with Gasteiger partial charge < -0.3 is 5.32 Å². The summed E-state index contributed by atoms with van der Waals surface area (Å²) in [6, 6.07) is 10.6. The van der Waals surface area contributed by atoms with Crippen LogP contribution in [0.4, 0.5) is 0 Å². The third-order valence-electron chi connectivity index (χ3n) is 3.30. The zero-order valence-electron chi connectivity index (χ0n) is 11.9. The third-order valence-corrected chi connectivity index (χ3v) is 4.71. The number of nitrogens with zero attached hydrogens (tertiary/aromatic N) is 2. The summed E-state index contributed by atoms with van der Waals surface area (Å²) in [5, 5.41) is 10.1. The zero-order chi connectivity index (χ0) is 16.2. The molecular formula is C16H13Cl2N3OS. The van der Waals surface area contributed by atoms with Crippen LogP contribution >= 0.6 is 34.5 Å². The lowest BCUT2D eigenvalue weighted by molar-refractivity contribution is 0.0949. The summed E-state index contributed by atoms with van der Waals surface area (Å²) in [5.74, 6) is -0.219. The van der Waals surface area contributed by atoms with Gasteiger partial charge in [0, 0.05) is 39.4 Å². The van der Waals surface area contributed by atoms with Crippen molar-refractivity contribution >= 4 is 40.4 Å². The van der Waals surface area contributed by atoms with E-state index in [0.717, 1.165) is 4.88 Å². The normalized spacial score (nSPS) is 12.1. The number of nitrogens with one attached hydrogen (secondary N) is 1. The molecule has 7 heteroatoms. The van der Waals surface area contributed by atoms with Crippen molar-refractivity contribution in [1.82, 2.24) is 15.1 Å². The molecule has 118 valence electrons. The lowest BCUT2D eigenvalue weighted by Crippen LogP contribution is -2.31. The standard InChI is InChI=1S/C16H13Cl2N3OS/c17-12-7-11(8-13(18)9-12)16(22)19-10-14(15-3-1-6-23-15)21-5-2-4-20-21/h1-9,14H,10H2,(H,19,22). The molecule has 1 amide bonds. The summed E-state index contributed by atoms with van der Waals surface area (Å²) in [5.41, 5.74) is 0.438. The zero-order valence-corrected chi connectivity index (χ0v) is 14.3. The van der Waals surface area contributed by atoms with Crippen molar-refractivity contribution in [3.8, 4) is 0 Å². The molecule has 1 N–H and O–H groups in total. The summed E-state index contributed by atoms with van der Waals surface area (Å²) >= 11 is 13.5. The maximum absolute atomic E-state index is 12.3. The van der Waals surface area contributed by atoms with E-state index in [0.29, 0.717) is 22.2 Å². The van der Waals surface area contributed by atoms with Crippen molar-refractivity contribution in [3.05, 3.63) is 74.7 Å². The average molecular weight is 366 g/mol. The van der Waals surface area contributed by atoms with Crippen LogP contribution in [-0.2, 0) is 0 Å². The Bertz CT molecular complexity index is 733. The SMILES string of the molecule is O=C(NCC(c1cccs1)n1cccn1)c1cc(Cl)cc(Cl)c1. The lowest BCUT2D eigenvalue weighted by Gasteiger charge is -2.17. The van der Waals surface area contributed by atoms with Gasteiger partial charge in [-0.3, -0.25) is 9.48 Å². The molecule has 2 heterocycles. The summed E-state index contributed by atoms with van der Waals surface area (Å²) in [7, 11) is 0. The highest BCUT2D eigenvalue weighted by Crippen LogP contribution is 2.23. The predicted octanol–water partition coefficient (Wildman–Crippen LogP) is 4.27. The van der Waals surface area contributed by atoms with Gasteiger partial charge in [0.25, 0.3) is 5.91 Å². The number of amides is 1. The molecule has 0 aliphatic carbocycles. The Morgan fingerprint density at radius 2 is 2.04 bits per heavy atom. The molecule has 3 aromatic rings. The molecular weight excluding hydrogens is 353 g/mol. The Morgan fingerprint density at radius 1 is 1.26 bits per heavy atom. The van der Waals surface area contributed by atoms with Gasteiger partial charge in [-0.25, -0.2) is 0 Å². The molecule has 0 bridgehead atoms. The Kier molecular flexibility index (Phi) is 5.00. The molecule has 1 unspecified atom stereocenters. The minimum atomic E-state index is -0.219. The number of thiophene rings is 1. The summed E-state index contributed by atoms with van der Waals surface area (Å²) in [6.45, 7) is 0.422. The molecule has 1 aromatic carbocycles. The van der Waals surface area contributed by atoms with E-state index in [4.69, 9.17) is 23.2 Å². The van der Waals surface area contributed by atoms with Gasteiger partial charge in [0.05, 0.1) is 0 Å². The third kappa shape index (κ3) is 3.93. The Morgan fingerprint density at radius 3 is 2.65 bits per heavy atom. The van der Waals surface area contributed by atoms with E-state index in [1.807, 2.05) is 34.5 Å². The van der Waals surface area contributed by atoms with E-state index in [2.05, 4.69) is 10.4 Å². The highest BCUT2D eigenvalue weighted by atomic mass is 35.5. The van der Waals surface area contributed by atoms with E-state index in [1.165, 1.54) is 0 Å². The van der Waals surface area contributed by atoms with Gasteiger partial charge in [0.15, 0.2) is 0 Å². The highest BCUT2D eigenvalue weighted by molar-refractivity contribution is 7.10. The lowest BCUT2D eigenvalue weighted by atomic mass is 10.2. The highest BCUT2D eigenvalue weighted by Gasteiger charge is 2.17. The first-order valence-corrected chi connectivity index (χ1v) is 8.54. The van der Waals surface area contributed by atoms with Crippen molar-refractivity contribution in [2.75, 3.05) is 6.54 Å². The van der Waals surface area contributed by atoms with Crippen LogP contribution in [0, 0.1) is 0 Å². The molecule has 23 heavy (non-hydrogen) atoms.